The molecule has 0 bridgehead atoms. The molecule has 0 radical (unpaired) electrons. The predicted octanol–water partition coefficient (Wildman–Crippen LogP) is 27.5. The van der Waals surface area contributed by atoms with Crippen LogP contribution in [0.15, 0.2) is 231 Å². The Morgan fingerprint density at radius 1 is 0.393 bits per heavy atom. The summed E-state index contributed by atoms with van der Waals surface area (Å²) in [5.41, 5.74) is 27.0. The van der Waals surface area contributed by atoms with Crippen molar-refractivity contribution in [2.45, 2.75) is 132 Å². The smallest absolute Gasteiger partial charge is 0.143 e. The number of para-hydroxylation sites is 5. The average molecular weight is 1620 g/mol. The molecule has 16 aromatic rings. The van der Waals surface area contributed by atoms with Crippen LogP contribution in [0.1, 0.15) is 139 Å². The van der Waals surface area contributed by atoms with Gasteiger partial charge in [0.1, 0.15) is 38.3 Å². The van der Waals surface area contributed by atoms with Crippen molar-refractivity contribution in [2.75, 3.05) is 0 Å². The van der Waals surface area contributed by atoms with Crippen LogP contribution in [-0.2, 0) is 42.7 Å². The fraction of sp³-hybridized carbons (Fsp3) is 0.208. The number of nitrogens with zero attached hydrogens (tertiary/aromatic N) is 4. The van der Waals surface area contributed by atoms with Gasteiger partial charge in [0.15, 0.2) is 0 Å². The summed E-state index contributed by atoms with van der Waals surface area (Å²) >= 11 is 3.33. The molecule has 8 nitrogen and oxygen atoms in total. The van der Waals surface area contributed by atoms with Crippen LogP contribution in [0, 0.1) is 33.8 Å². The normalized spacial score (nSPS) is 12.4. The number of furan rings is 2. The van der Waals surface area contributed by atoms with Gasteiger partial charge in [0.2, 0.25) is 0 Å². The van der Waals surface area contributed by atoms with Crippen LogP contribution in [-0.4, -0.2) is 32.6 Å². The van der Waals surface area contributed by atoms with Crippen molar-refractivity contribution in [2.24, 2.45) is 9.98 Å². The van der Waals surface area contributed by atoms with Crippen LogP contribution < -0.4 is 0 Å². The number of phenolic OH excluding ortho intramolecular Hbond substituents is 2. The van der Waals surface area contributed by atoms with Gasteiger partial charge in [-0.2, -0.15) is 0 Å². The minimum Gasteiger partial charge on any atom is -0.507 e. The Kier molecular flexibility index (Phi) is 19.5. The van der Waals surface area contributed by atoms with E-state index < -0.39 is 0 Å². The third-order valence-electron chi connectivity index (χ3n) is 20.3. The molecule has 16 rings (SSSR count). The van der Waals surface area contributed by atoms with E-state index in [2.05, 4.69) is 256 Å². The van der Waals surface area contributed by atoms with Crippen LogP contribution in [0.3, 0.4) is 0 Å². The number of hydrogen-bond donors (Lipinski definition) is 2. The van der Waals surface area contributed by atoms with Gasteiger partial charge in [-0.05, 0) is 161 Å². The Bertz CT molecular complexity index is 5850. The summed E-state index contributed by atoms with van der Waals surface area (Å²) in [6, 6.07) is 77.3. The minimum absolute atomic E-state index is 0. The van der Waals surface area contributed by atoms with Crippen LogP contribution >= 0.6 is 22.7 Å². The van der Waals surface area contributed by atoms with Crippen LogP contribution in [0.4, 0.5) is 11.4 Å². The molecule has 0 saturated carbocycles. The standard InChI is InChI=1S/C48H44N2O2S.C48H43N2O2S.Pt/c2*1-28-20-21-29(2)37(22-28)30-24-38(35-17-13-16-34-33-14-10-12-19-41(33)52-45(34)35)43-42(25-30)53-46(50-43)36-15-9-11-18-40(36)49-27-31-23-32(47(3,4)5)26-39(44(31)51)48(6,7)8;/h9-27,51H,1-8H3;9-16,18-27,51H,1-8H3;/q;-1;. The van der Waals surface area contributed by atoms with E-state index in [1.54, 1.807) is 35.1 Å². The molecule has 0 aliphatic rings. The molecule has 0 spiro atoms. The van der Waals surface area contributed by atoms with Crippen LogP contribution in [0.5, 0.6) is 11.5 Å². The maximum atomic E-state index is 11.5. The van der Waals surface area contributed by atoms with Gasteiger partial charge in [-0.15, -0.1) is 40.9 Å². The molecule has 0 atom stereocenters. The Morgan fingerprint density at radius 2 is 0.813 bits per heavy atom. The van der Waals surface area contributed by atoms with Crippen molar-refractivity contribution in [3.63, 3.8) is 0 Å². The SMILES string of the molecule is Cc1ccc(C)c(-c2cc(-c3[c-]ccc4c3oc3ccccc34)c3nc(-c4ccccc4N=Cc4cc(C(C)(C)C)cc(C(C)(C)C)c4O)sc3c2)c1.Cc1ccc(C)c(-c2cc(-c3cccc4c3oc3ccccc34)c3nc(-c4ccccc4N=Cc4cc(C(C)(C)C)cc(C(C)(C)C)c4O)sc3c2)c1.[Pt]. The molecule has 4 aromatic heterocycles. The quantitative estimate of drug-likeness (QED) is 0.104. The van der Waals surface area contributed by atoms with E-state index in [0.717, 1.165) is 152 Å². The number of aromatic hydroxyl groups is 2. The van der Waals surface area contributed by atoms with E-state index in [1.807, 2.05) is 72.8 Å². The molecule has 0 unspecified atom stereocenters. The van der Waals surface area contributed by atoms with E-state index >= 15 is 0 Å². The molecule has 0 fully saturated rings. The first-order valence-corrected chi connectivity index (χ1v) is 38.0. The first kappa shape index (κ1) is 73.5. The van der Waals surface area contributed by atoms with Gasteiger partial charge in [-0.25, -0.2) is 9.97 Å². The molecule has 4 heterocycles. The van der Waals surface area contributed by atoms with E-state index in [-0.39, 0.29) is 54.2 Å². The van der Waals surface area contributed by atoms with E-state index in [4.69, 9.17) is 28.8 Å². The second-order valence-corrected chi connectivity index (χ2v) is 34.4. The topological polar surface area (TPSA) is 117 Å². The second kappa shape index (κ2) is 28.4. The molecular formula is C96H87N4O4PtS2-. The molecule has 11 heteroatoms. The Morgan fingerprint density at radius 3 is 1.30 bits per heavy atom. The summed E-state index contributed by atoms with van der Waals surface area (Å²) in [7, 11) is 0. The number of phenols is 2. The number of aromatic nitrogens is 2. The predicted molar refractivity (Wildman–Crippen MR) is 450 cm³/mol. The molecule has 107 heavy (non-hydrogen) atoms. The number of fused-ring (bicyclic) bond motifs is 8. The number of hydrogen-bond acceptors (Lipinski definition) is 10. The van der Waals surface area contributed by atoms with Crippen molar-refractivity contribution in [1.29, 1.82) is 0 Å². The first-order valence-electron chi connectivity index (χ1n) is 36.3. The molecule has 0 aliphatic carbocycles. The van der Waals surface area contributed by atoms with Gasteiger partial charge in [0, 0.05) is 104 Å². The molecule has 0 saturated heterocycles. The van der Waals surface area contributed by atoms with E-state index in [0.29, 0.717) is 11.1 Å². The van der Waals surface area contributed by atoms with Crippen LogP contribution in [0.25, 0.3) is 130 Å². The van der Waals surface area contributed by atoms with Crippen LogP contribution in [0.2, 0.25) is 0 Å². The molecular weight excluding hydrogens is 1530 g/mol. The van der Waals surface area contributed by atoms with Gasteiger partial charge >= 0.3 is 0 Å². The zero-order chi connectivity index (χ0) is 74.5. The van der Waals surface area contributed by atoms with Crippen molar-refractivity contribution in [1.82, 2.24) is 9.97 Å². The minimum atomic E-state index is -0.232. The summed E-state index contributed by atoms with van der Waals surface area (Å²) in [5, 5.41) is 29.0. The number of benzene rings is 12. The third-order valence-corrected chi connectivity index (χ3v) is 22.4. The van der Waals surface area contributed by atoms with E-state index in [9.17, 15) is 10.2 Å². The van der Waals surface area contributed by atoms with Gasteiger partial charge in [-0.1, -0.05) is 244 Å². The largest absolute Gasteiger partial charge is 0.507 e. The van der Waals surface area contributed by atoms with Gasteiger partial charge < -0.3 is 19.0 Å². The van der Waals surface area contributed by atoms with Crippen molar-refractivity contribution in [3.8, 4) is 77.1 Å². The van der Waals surface area contributed by atoms with Crippen molar-refractivity contribution in [3.05, 3.63) is 274 Å². The van der Waals surface area contributed by atoms with E-state index in [1.165, 1.54) is 33.4 Å². The third kappa shape index (κ3) is 14.4. The maximum absolute atomic E-state index is 11.5. The van der Waals surface area contributed by atoms with Gasteiger partial charge in [-0.3, -0.25) is 9.98 Å². The number of aliphatic imine (C=N–C) groups is 2. The maximum Gasteiger partial charge on any atom is 0.143 e. The molecule has 2 N–H and O–H groups in total. The summed E-state index contributed by atoms with van der Waals surface area (Å²) in [5.74, 6) is 0.543. The monoisotopic (exact) mass is 1620 g/mol. The number of aryl methyl sites for hydroxylation is 4. The fourth-order valence-corrected chi connectivity index (χ4v) is 16.4. The zero-order valence-corrected chi connectivity index (χ0v) is 67.4. The molecule has 12 aromatic carbocycles. The summed E-state index contributed by atoms with van der Waals surface area (Å²) < 4.78 is 15.3. The fourth-order valence-electron chi connectivity index (χ4n) is 14.3. The molecule has 0 aliphatic heterocycles. The average Bonchev–Trinajstić information content (AvgIpc) is 1.54. The molecule has 0 amide bonds. The molecule has 538 valence electrons. The van der Waals surface area contributed by atoms with Gasteiger partial charge in [0.25, 0.3) is 0 Å². The second-order valence-electron chi connectivity index (χ2n) is 32.4. The Balaban J connectivity index is 0.000000178. The first-order chi connectivity index (χ1) is 50.5. The van der Waals surface area contributed by atoms with Gasteiger partial charge in [0.05, 0.1) is 27.2 Å². The van der Waals surface area contributed by atoms with Crippen molar-refractivity contribution >= 4 is 111 Å². The summed E-state index contributed by atoms with van der Waals surface area (Å²) in [6.07, 6.45) is 3.60. The number of thiazole rings is 2. The Hall–Kier alpha value is -10.4. The Labute approximate surface area is 649 Å². The number of rotatable bonds is 10. The summed E-state index contributed by atoms with van der Waals surface area (Å²) in [4.78, 5) is 20.8. The zero-order valence-electron chi connectivity index (χ0n) is 63.5. The summed E-state index contributed by atoms with van der Waals surface area (Å²) in [6.45, 7) is 34.6. The van der Waals surface area contributed by atoms with Crippen molar-refractivity contribution < 1.29 is 40.1 Å².